The van der Waals surface area contributed by atoms with Crippen LogP contribution in [0.4, 0.5) is 4.39 Å². The van der Waals surface area contributed by atoms with Gasteiger partial charge in [-0.25, -0.2) is 4.39 Å². The molecule has 0 saturated heterocycles. The minimum Gasteiger partial charge on any atom is -0.481 e. The normalized spacial score (nSPS) is 27.2. The summed E-state index contributed by atoms with van der Waals surface area (Å²) in [5.41, 5.74) is 3.53. The highest BCUT2D eigenvalue weighted by molar-refractivity contribution is 5.83. The maximum absolute atomic E-state index is 13.9. The van der Waals surface area contributed by atoms with Crippen LogP contribution in [-0.4, -0.2) is 72.7 Å². The van der Waals surface area contributed by atoms with Crippen LogP contribution in [-0.2, 0) is 19.1 Å². The number of fused-ring (bicyclic) bond motifs is 2. The first-order chi connectivity index (χ1) is 14.7. The number of aliphatic carboxylic acids is 1. The molecular formula is C23H33FN2O5. The van der Waals surface area contributed by atoms with Gasteiger partial charge in [-0.05, 0) is 43.4 Å². The lowest BCUT2D eigenvalue weighted by atomic mass is 9.65. The van der Waals surface area contributed by atoms with E-state index in [0.717, 1.165) is 6.42 Å². The quantitative estimate of drug-likeness (QED) is 0.512. The van der Waals surface area contributed by atoms with Crippen LogP contribution in [0.3, 0.4) is 0 Å². The molecule has 0 aromatic carbocycles. The summed E-state index contributed by atoms with van der Waals surface area (Å²) in [7, 11) is 2.47. The molecule has 2 aliphatic carbocycles. The summed E-state index contributed by atoms with van der Waals surface area (Å²) in [6.45, 7) is 5.73. The molecule has 1 amide bonds. The zero-order valence-corrected chi connectivity index (χ0v) is 18.9. The molecule has 3 aliphatic rings. The lowest BCUT2D eigenvalue weighted by molar-refractivity contribution is -0.235. The number of methoxy groups -OCH3 is 2. The second-order valence-electron chi connectivity index (χ2n) is 8.73. The average Bonchev–Trinajstić information content (AvgIpc) is 2.96. The standard InChI is InChI=1S/C23H33FN2O5/c1-6-18(21(29)25-19(10-20(27)28)23(13-24,30-4)31-5)26-12-15-8-7-9-17-16(14(15)2)11-22(17,26)3/h7-8,11,17-19H,6,9-10,12-13H2,1-5H3,(H,25,29)(H,27,28)/t17-,18?,19?,22+/m0/s1. The van der Waals surface area contributed by atoms with Crippen molar-refractivity contribution in [2.75, 3.05) is 27.4 Å². The van der Waals surface area contributed by atoms with Gasteiger partial charge in [-0.3, -0.25) is 14.5 Å². The average molecular weight is 437 g/mol. The number of ether oxygens (including phenoxy) is 2. The van der Waals surface area contributed by atoms with Gasteiger partial charge in [0.1, 0.15) is 6.67 Å². The van der Waals surface area contributed by atoms with Crippen molar-refractivity contribution >= 4 is 11.9 Å². The van der Waals surface area contributed by atoms with E-state index in [1.54, 1.807) is 0 Å². The Morgan fingerprint density at radius 3 is 2.65 bits per heavy atom. The Morgan fingerprint density at radius 2 is 2.10 bits per heavy atom. The summed E-state index contributed by atoms with van der Waals surface area (Å²) in [5.74, 6) is -3.09. The summed E-state index contributed by atoms with van der Waals surface area (Å²) in [5, 5.41) is 12.1. The second kappa shape index (κ2) is 8.84. The Morgan fingerprint density at radius 1 is 1.42 bits per heavy atom. The fourth-order valence-corrected chi connectivity index (χ4v) is 5.26. The third-order valence-corrected chi connectivity index (χ3v) is 7.26. The molecule has 0 aromatic heterocycles. The molecule has 2 unspecified atom stereocenters. The number of halogens is 1. The lowest BCUT2D eigenvalue weighted by Crippen LogP contribution is -2.65. The third kappa shape index (κ3) is 3.85. The number of carbonyl (C=O) groups excluding carboxylic acids is 1. The molecule has 3 rings (SSSR count). The lowest BCUT2D eigenvalue weighted by Gasteiger charge is -2.53. The van der Waals surface area contributed by atoms with E-state index in [4.69, 9.17) is 9.47 Å². The molecule has 3 bridgehead atoms. The highest BCUT2D eigenvalue weighted by Gasteiger charge is 2.53. The van der Waals surface area contributed by atoms with Gasteiger partial charge in [0.05, 0.1) is 18.5 Å². The van der Waals surface area contributed by atoms with E-state index >= 15 is 0 Å². The van der Waals surface area contributed by atoms with E-state index in [2.05, 4.69) is 42.3 Å². The molecule has 8 heteroatoms. The largest absolute Gasteiger partial charge is 0.481 e. The van der Waals surface area contributed by atoms with Crippen LogP contribution in [0, 0.1) is 5.92 Å². The van der Waals surface area contributed by atoms with Crippen LogP contribution in [0.15, 0.2) is 34.9 Å². The Balaban J connectivity index is 1.90. The van der Waals surface area contributed by atoms with Crippen molar-refractivity contribution in [3.05, 3.63) is 34.9 Å². The second-order valence-corrected chi connectivity index (χ2v) is 8.73. The fraction of sp³-hybridized carbons (Fsp3) is 0.652. The van der Waals surface area contributed by atoms with Crippen molar-refractivity contribution in [1.29, 1.82) is 0 Å². The van der Waals surface area contributed by atoms with Crippen LogP contribution >= 0.6 is 0 Å². The van der Waals surface area contributed by atoms with Crippen molar-refractivity contribution in [3.8, 4) is 0 Å². The summed E-state index contributed by atoms with van der Waals surface area (Å²) >= 11 is 0. The summed E-state index contributed by atoms with van der Waals surface area (Å²) in [6.07, 6.45) is 7.50. The highest BCUT2D eigenvalue weighted by Crippen LogP contribution is 2.52. The Bertz CT molecular complexity index is 824. The van der Waals surface area contributed by atoms with Crippen molar-refractivity contribution in [2.45, 2.75) is 63.4 Å². The number of rotatable bonds is 10. The number of carboxylic acid groups (broad SMARTS) is 1. The van der Waals surface area contributed by atoms with Crippen LogP contribution in [0.2, 0.25) is 0 Å². The van der Waals surface area contributed by atoms with Gasteiger partial charge in [-0.15, -0.1) is 0 Å². The van der Waals surface area contributed by atoms with Crippen molar-refractivity contribution in [3.63, 3.8) is 0 Å². The summed E-state index contributed by atoms with van der Waals surface area (Å²) in [4.78, 5) is 27.1. The Kier molecular flexibility index (Phi) is 6.74. The topological polar surface area (TPSA) is 88.1 Å². The summed E-state index contributed by atoms with van der Waals surface area (Å²) in [6, 6.07) is -1.70. The fourth-order valence-electron chi connectivity index (χ4n) is 5.26. The maximum atomic E-state index is 13.9. The molecule has 31 heavy (non-hydrogen) atoms. The van der Waals surface area contributed by atoms with Gasteiger partial charge in [0.15, 0.2) is 0 Å². The Labute approximate surface area is 183 Å². The van der Waals surface area contributed by atoms with Crippen molar-refractivity contribution in [2.24, 2.45) is 5.92 Å². The molecule has 0 saturated carbocycles. The van der Waals surface area contributed by atoms with Gasteiger partial charge in [0.25, 0.3) is 0 Å². The number of alkyl halides is 1. The predicted molar refractivity (Wildman–Crippen MR) is 114 cm³/mol. The number of nitrogens with one attached hydrogen (secondary N) is 1. The van der Waals surface area contributed by atoms with E-state index in [-0.39, 0.29) is 11.4 Å². The van der Waals surface area contributed by atoms with Gasteiger partial charge >= 0.3 is 5.97 Å². The minimum absolute atomic E-state index is 0.275. The molecule has 1 aliphatic heterocycles. The smallest absolute Gasteiger partial charge is 0.305 e. The third-order valence-electron chi connectivity index (χ3n) is 7.26. The van der Waals surface area contributed by atoms with E-state index in [1.807, 2.05) is 6.92 Å². The van der Waals surface area contributed by atoms with Crippen LogP contribution in [0.1, 0.15) is 40.0 Å². The molecule has 0 fully saturated rings. The van der Waals surface area contributed by atoms with E-state index < -0.39 is 36.9 Å². The highest BCUT2D eigenvalue weighted by atomic mass is 19.1. The number of allylic oxidation sites excluding steroid dienone is 2. The number of carbonyl (C=O) groups is 2. The van der Waals surface area contributed by atoms with E-state index in [0.29, 0.717) is 18.9 Å². The molecule has 172 valence electrons. The van der Waals surface area contributed by atoms with Crippen LogP contribution < -0.4 is 5.32 Å². The molecule has 7 nitrogen and oxygen atoms in total. The first kappa shape index (κ1) is 23.6. The van der Waals surface area contributed by atoms with Gasteiger partial charge in [0, 0.05) is 32.2 Å². The molecule has 0 radical (unpaired) electrons. The molecular weight excluding hydrogens is 403 g/mol. The predicted octanol–water partition coefficient (Wildman–Crippen LogP) is 2.59. The minimum atomic E-state index is -1.86. The zero-order chi connectivity index (χ0) is 23.0. The SMILES string of the molecule is CCC(C(=O)NC(CC(=O)O)C(CF)(OC)OC)N1CC2=C(C)C3=C[C@]1(C)[C@H]3CC=C2. The number of hydrogen-bond donors (Lipinski definition) is 2. The Hall–Kier alpha value is -2.03. The maximum Gasteiger partial charge on any atom is 0.305 e. The molecule has 1 heterocycles. The van der Waals surface area contributed by atoms with Gasteiger partial charge in [-0.1, -0.05) is 25.2 Å². The van der Waals surface area contributed by atoms with Gasteiger partial charge < -0.3 is 19.9 Å². The number of hydrogen-bond acceptors (Lipinski definition) is 5. The summed E-state index contributed by atoms with van der Waals surface area (Å²) < 4.78 is 24.2. The number of amides is 1. The molecule has 0 spiro atoms. The van der Waals surface area contributed by atoms with Crippen molar-refractivity contribution in [1.82, 2.24) is 10.2 Å². The van der Waals surface area contributed by atoms with Gasteiger partial charge in [0.2, 0.25) is 11.7 Å². The molecule has 0 aromatic rings. The van der Waals surface area contributed by atoms with E-state index in [1.165, 1.54) is 30.9 Å². The van der Waals surface area contributed by atoms with Crippen LogP contribution in [0.25, 0.3) is 0 Å². The molecule has 2 N–H and O–H groups in total. The zero-order valence-electron chi connectivity index (χ0n) is 18.9. The first-order valence-electron chi connectivity index (χ1n) is 10.7. The van der Waals surface area contributed by atoms with Crippen molar-refractivity contribution < 1.29 is 28.6 Å². The van der Waals surface area contributed by atoms with E-state index in [9.17, 15) is 19.1 Å². The first-order valence-corrected chi connectivity index (χ1v) is 10.7. The monoisotopic (exact) mass is 436 g/mol. The van der Waals surface area contributed by atoms with Gasteiger partial charge in [-0.2, -0.15) is 0 Å². The number of nitrogens with zero attached hydrogens (tertiary/aromatic N) is 1. The molecule has 4 atom stereocenters. The van der Waals surface area contributed by atoms with Crippen LogP contribution in [0.5, 0.6) is 0 Å². The number of carboxylic acids is 1.